The lowest BCUT2D eigenvalue weighted by Gasteiger charge is -2.31. The number of nitro benzene ring substituents is 1. The summed E-state index contributed by atoms with van der Waals surface area (Å²) < 4.78 is 0. The summed E-state index contributed by atoms with van der Waals surface area (Å²) in [5.41, 5.74) is 2.50. The molecule has 0 saturated heterocycles. The molecule has 0 aliphatic carbocycles. The fraction of sp³-hybridized carbons (Fsp3) is 0.200. The molecule has 8 heteroatoms. The fourth-order valence-corrected chi connectivity index (χ4v) is 3.62. The van der Waals surface area contributed by atoms with Crippen molar-refractivity contribution in [3.8, 4) is 0 Å². The van der Waals surface area contributed by atoms with Crippen LogP contribution in [0.2, 0.25) is 0 Å². The summed E-state index contributed by atoms with van der Waals surface area (Å²) in [6.45, 7) is 0.745. The predicted molar refractivity (Wildman–Crippen MR) is 101 cm³/mol. The van der Waals surface area contributed by atoms with Crippen LogP contribution in [-0.2, 0) is 11.3 Å². The Kier molecular flexibility index (Phi) is 4.31. The highest BCUT2D eigenvalue weighted by atomic mass is 16.6. The highest BCUT2D eigenvalue weighted by Gasteiger charge is 2.43. The van der Waals surface area contributed by atoms with Crippen LogP contribution in [0.15, 0.2) is 65.9 Å². The van der Waals surface area contributed by atoms with Crippen molar-refractivity contribution < 1.29 is 14.5 Å². The van der Waals surface area contributed by atoms with Crippen molar-refractivity contribution in [3.05, 3.63) is 87.1 Å². The number of nitro groups is 1. The number of nitrogens with zero attached hydrogens (tertiary/aromatic N) is 3. The molecule has 2 aliphatic rings. The molecular formula is C20H18N4O4. The molecule has 0 spiro atoms. The summed E-state index contributed by atoms with van der Waals surface area (Å²) in [6, 6.07) is 14.6. The van der Waals surface area contributed by atoms with Gasteiger partial charge in [0.1, 0.15) is 0 Å². The number of carbonyl (C=O) groups excluding carboxylic acids is 2. The maximum absolute atomic E-state index is 13.2. The third-order valence-corrected chi connectivity index (χ3v) is 5.07. The van der Waals surface area contributed by atoms with Gasteiger partial charge in [0.05, 0.1) is 28.8 Å². The molecule has 0 saturated carbocycles. The molecule has 0 aromatic heterocycles. The van der Waals surface area contributed by atoms with Gasteiger partial charge < -0.3 is 10.2 Å². The molecule has 1 atom stereocenters. The van der Waals surface area contributed by atoms with Crippen molar-refractivity contribution in [1.29, 1.82) is 0 Å². The molecule has 0 radical (unpaired) electrons. The first-order valence-corrected chi connectivity index (χ1v) is 8.80. The number of non-ortho nitro benzene ring substituents is 1. The van der Waals surface area contributed by atoms with E-state index >= 15 is 0 Å². The SMILES string of the molecule is CN1C(=O)NC(c2cccc([N+](=O)[O-])c2)C2=C1CN(Cc1ccccc1)C2=O. The molecule has 3 amide bonds. The van der Waals surface area contributed by atoms with Gasteiger partial charge in [0.15, 0.2) is 0 Å². The molecule has 28 heavy (non-hydrogen) atoms. The van der Waals surface area contributed by atoms with Crippen LogP contribution in [0.25, 0.3) is 0 Å². The topological polar surface area (TPSA) is 95.8 Å². The Morgan fingerprint density at radius 1 is 1.14 bits per heavy atom. The monoisotopic (exact) mass is 378 g/mol. The van der Waals surface area contributed by atoms with Gasteiger partial charge in [0.25, 0.3) is 11.6 Å². The van der Waals surface area contributed by atoms with E-state index in [-0.39, 0.29) is 17.6 Å². The van der Waals surface area contributed by atoms with Crippen molar-refractivity contribution in [3.63, 3.8) is 0 Å². The number of carbonyl (C=O) groups is 2. The Balaban J connectivity index is 1.69. The van der Waals surface area contributed by atoms with Crippen LogP contribution in [0.3, 0.4) is 0 Å². The molecule has 0 bridgehead atoms. The van der Waals surface area contributed by atoms with E-state index in [0.29, 0.717) is 29.9 Å². The lowest BCUT2D eigenvalue weighted by molar-refractivity contribution is -0.384. The summed E-state index contributed by atoms with van der Waals surface area (Å²) in [7, 11) is 1.62. The fourth-order valence-electron chi connectivity index (χ4n) is 3.62. The van der Waals surface area contributed by atoms with Crippen molar-refractivity contribution in [1.82, 2.24) is 15.1 Å². The molecule has 2 heterocycles. The lowest BCUT2D eigenvalue weighted by atomic mass is 9.95. The zero-order valence-corrected chi connectivity index (χ0v) is 15.2. The quantitative estimate of drug-likeness (QED) is 0.653. The Hall–Kier alpha value is -3.68. The number of nitrogens with one attached hydrogen (secondary N) is 1. The van der Waals surface area contributed by atoms with E-state index in [4.69, 9.17) is 0 Å². The van der Waals surface area contributed by atoms with Gasteiger partial charge >= 0.3 is 6.03 Å². The van der Waals surface area contributed by atoms with Gasteiger partial charge in [-0.05, 0) is 11.1 Å². The Morgan fingerprint density at radius 3 is 2.61 bits per heavy atom. The number of urea groups is 1. The van der Waals surface area contributed by atoms with Crippen molar-refractivity contribution >= 4 is 17.6 Å². The van der Waals surface area contributed by atoms with E-state index in [1.807, 2.05) is 30.3 Å². The second kappa shape index (κ2) is 6.80. The van der Waals surface area contributed by atoms with Crippen LogP contribution in [0, 0.1) is 10.1 Å². The van der Waals surface area contributed by atoms with Crippen LogP contribution in [-0.4, -0.2) is 40.3 Å². The van der Waals surface area contributed by atoms with Crippen LogP contribution in [0.4, 0.5) is 10.5 Å². The number of rotatable bonds is 4. The Morgan fingerprint density at radius 2 is 1.89 bits per heavy atom. The summed E-state index contributed by atoms with van der Waals surface area (Å²) in [5.74, 6) is -0.179. The van der Waals surface area contributed by atoms with Gasteiger partial charge in [-0.15, -0.1) is 0 Å². The van der Waals surface area contributed by atoms with Crippen LogP contribution >= 0.6 is 0 Å². The third kappa shape index (κ3) is 2.98. The summed E-state index contributed by atoms with van der Waals surface area (Å²) >= 11 is 0. The molecule has 2 aliphatic heterocycles. The minimum Gasteiger partial charge on any atom is -0.329 e. The van der Waals surface area contributed by atoms with E-state index in [9.17, 15) is 19.7 Å². The first-order valence-electron chi connectivity index (χ1n) is 8.80. The average Bonchev–Trinajstić information content (AvgIpc) is 3.02. The largest absolute Gasteiger partial charge is 0.329 e. The summed E-state index contributed by atoms with van der Waals surface area (Å²) in [4.78, 5) is 39.3. The minimum atomic E-state index is -0.716. The number of benzene rings is 2. The van der Waals surface area contributed by atoms with Crippen LogP contribution in [0.1, 0.15) is 17.2 Å². The highest BCUT2D eigenvalue weighted by molar-refractivity contribution is 6.01. The lowest BCUT2D eigenvalue weighted by Crippen LogP contribution is -2.45. The maximum Gasteiger partial charge on any atom is 0.322 e. The zero-order valence-electron chi connectivity index (χ0n) is 15.2. The number of hydrogen-bond donors (Lipinski definition) is 1. The van der Waals surface area contributed by atoms with Gasteiger partial charge in [-0.1, -0.05) is 42.5 Å². The molecule has 0 fully saturated rings. The van der Waals surface area contributed by atoms with Gasteiger partial charge in [0.2, 0.25) is 0 Å². The van der Waals surface area contributed by atoms with E-state index in [0.717, 1.165) is 5.56 Å². The van der Waals surface area contributed by atoms with Gasteiger partial charge in [0, 0.05) is 25.7 Å². The standard InChI is InChI=1S/C20H18N4O4/c1-22-16-12-23(11-13-6-3-2-4-7-13)19(25)17(16)18(21-20(22)26)14-8-5-9-15(10-14)24(27)28/h2-10,18H,11-12H2,1H3,(H,21,26). The molecule has 8 nitrogen and oxygen atoms in total. The molecule has 1 N–H and O–H groups in total. The van der Waals surface area contributed by atoms with E-state index in [2.05, 4.69) is 5.32 Å². The number of amides is 3. The second-order valence-electron chi connectivity index (χ2n) is 6.80. The molecule has 2 aromatic carbocycles. The predicted octanol–water partition coefficient (Wildman–Crippen LogP) is 2.59. The molecular weight excluding hydrogens is 360 g/mol. The normalized spacial score (nSPS) is 19.0. The first-order chi connectivity index (χ1) is 13.5. The Labute approximate surface area is 161 Å². The van der Waals surface area contributed by atoms with Crippen LogP contribution in [0.5, 0.6) is 0 Å². The van der Waals surface area contributed by atoms with E-state index < -0.39 is 11.0 Å². The number of hydrogen-bond acceptors (Lipinski definition) is 4. The average molecular weight is 378 g/mol. The van der Waals surface area contributed by atoms with Gasteiger partial charge in [-0.25, -0.2) is 4.79 Å². The van der Waals surface area contributed by atoms with E-state index in [1.54, 1.807) is 24.1 Å². The smallest absolute Gasteiger partial charge is 0.322 e. The molecule has 4 rings (SSSR count). The van der Waals surface area contributed by atoms with Crippen molar-refractivity contribution in [2.45, 2.75) is 12.6 Å². The zero-order chi connectivity index (χ0) is 19.8. The van der Waals surface area contributed by atoms with Gasteiger partial charge in [-0.3, -0.25) is 19.8 Å². The summed E-state index contributed by atoms with van der Waals surface area (Å²) in [6.07, 6.45) is 0. The molecule has 1 unspecified atom stereocenters. The highest BCUT2D eigenvalue weighted by Crippen LogP contribution is 2.36. The Bertz CT molecular complexity index is 1000. The van der Waals surface area contributed by atoms with Crippen molar-refractivity contribution in [2.24, 2.45) is 0 Å². The maximum atomic E-state index is 13.2. The second-order valence-corrected chi connectivity index (χ2v) is 6.80. The van der Waals surface area contributed by atoms with Crippen molar-refractivity contribution in [2.75, 3.05) is 13.6 Å². The van der Waals surface area contributed by atoms with Crippen LogP contribution < -0.4 is 5.32 Å². The minimum absolute atomic E-state index is 0.0839. The number of likely N-dealkylation sites (N-methyl/N-ethyl adjacent to an activating group) is 1. The third-order valence-electron chi connectivity index (χ3n) is 5.07. The molecule has 2 aromatic rings. The van der Waals surface area contributed by atoms with Gasteiger partial charge in [-0.2, -0.15) is 0 Å². The first kappa shape index (κ1) is 17.7. The molecule has 142 valence electrons. The van der Waals surface area contributed by atoms with E-state index in [1.165, 1.54) is 17.0 Å². The summed E-state index contributed by atoms with van der Waals surface area (Å²) in [5, 5.41) is 13.9.